The summed E-state index contributed by atoms with van der Waals surface area (Å²) in [4.78, 5) is 0. The molecule has 2 rings (SSSR count). The third-order valence-electron chi connectivity index (χ3n) is 2.95. The van der Waals surface area contributed by atoms with Crippen molar-refractivity contribution in [2.24, 2.45) is 0 Å². The van der Waals surface area contributed by atoms with Gasteiger partial charge in [-0.25, -0.2) is 0 Å². The zero-order valence-electron chi connectivity index (χ0n) is 9.22. The van der Waals surface area contributed by atoms with Gasteiger partial charge in [-0.2, -0.15) is 11.8 Å². The van der Waals surface area contributed by atoms with Gasteiger partial charge in [-0.15, -0.1) is 0 Å². The molecule has 0 heterocycles. The van der Waals surface area contributed by atoms with Gasteiger partial charge < -0.3 is 5.32 Å². The standard InChI is InChI=1S/C12H15Cl2NS/c1-16-5-4-15-12-3-2-9-10(12)6-8(13)7-11(9)14/h6-7,12,15H,2-5H2,1H3. The van der Waals surface area contributed by atoms with Gasteiger partial charge in [0.15, 0.2) is 0 Å². The smallest absolute Gasteiger partial charge is 0.0456 e. The van der Waals surface area contributed by atoms with E-state index in [1.165, 1.54) is 11.1 Å². The molecule has 1 aliphatic rings. The Hall–Kier alpha value is 0.110. The van der Waals surface area contributed by atoms with Gasteiger partial charge in [-0.1, -0.05) is 23.2 Å². The Labute approximate surface area is 111 Å². The van der Waals surface area contributed by atoms with Crippen LogP contribution in [0.15, 0.2) is 12.1 Å². The summed E-state index contributed by atoms with van der Waals surface area (Å²) in [5.74, 6) is 1.14. The Kier molecular flexibility index (Phi) is 4.42. The summed E-state index contributed by atoms with van der Waals surface area (Å²) in [5.41, 5.74) is 2.56. The molecular weight excluding hydrogens is 261 g/mol. The van der Waals surface area contributed by atoms with Crippen molar-refractivity contribution >= 4 is 35.0 Å². The van der Waals surface area contributed by atoms with Crippen LogP contribution in [0.25, 0.3) is 0 Å². The van der Waals surface area contributed by atoms with Crippen LogP contribution in [0, 0.1) is 0 Å². The molecule has 0 aliphatic heterocycles. The lowest BCUT2D eigenvalue weighted by molar-refractivity contribution is 0.552. The molecular formula is C12H15Cl2NS. The van der Waals surface area contributed by atoms with Crippen molar-refractivity contribution in [2.45, 2.75) is 18.9 Å². The first-order valence-corrected chi connectivity index (χ1v) is 7.57. The van der Waals surface area contributed by atoms with Crippen LogP contribution in [-0.2, 0) is 6.42 Å². The molecule has 0 amide bonds. The van der Waals surface area contributed by atoms with E-state index >= 15 is 0 Å². The molecule has 88 valence electrons. The van der Waals surface area contributed by atoms with E-state index in [-0.39, 0.29) is 0 Å². The molecule has 1 aromatic rings. The second kappa shape index (κ2) is 5.63. The Morgan fingerprint density at radius 3 is 3.00 bits per heavy atom. The highest BCUT2D eigenvalue weighted by Crippen LogP contribution is 2.37. The van der Waals surface area contributed by atoms with Gasteiger partial charge in [-0.3, -0.25) is 0 Å². The molecule has 1 N–H and O–H groups in total. The van der Waals surface area contributed by atoms with E-state index in [9.17, 15) is 0 Å². The van der Waals surface area contributed by atoms with E-state index in [1.54, 1.807) is 0 Å². The fourth-order valence-corrected chi connectivity index (χ4v) is 3.12. The number of thioether (sulfide) groups is 1. The van der Waals surface area contributed by atoms with Gasteiger partial charge in [0.05, 0.1) is 0 Å². The predicted octanol–water partition coefficient (Wildman–Crippen LogP) is 3.93. The van der Waals surface area contributed by atoms with Crippen LogP contribution < -0.4 is 5.32 Å². The fraction of sp³-hybridized carbons (Fsp3) is 0.500. The monoisotopic (exact) mass is 275 g/mol. The largest absolute Gasteiger partial charge is 0.309 e. The van der Waals surface area contributed by atoms with E-state index in [0.29, 0.717) is 6.04 Å². The lowest BCUT2D eigenvalue weighted by atomic mass is 10.1. The SMILES string of the molecule is CSCCNC1CCc2c(Cl)cc(Cl)cc21. The number of benzene rings is 1. The van der Waals surface area contributed by atoms with E-state index < -0.39 is 0 Å². The number of halogens is 2. The summed E-state index contributed by atoms with van der Waals surface area (Å²) >= 11 is 14.1. The number of rotatable bonds is 4. The van der Waals surface area contributed by atoms with E-state index in [1.807, 2.05) is 23.9 Å². The lowest BCUT2D eigenvalue weighted by Gasteiger charge is -2.14. The van der Waals surface area contributed by atoms with Crippen molar-refractivity contribution in [3.8, 4) is 0 Å². The Bertz CT molecular complexity index is 382. The van der Waals surface area contributed by atoms with Crippen LogP contribution in [0.5, 0.6) is 0 Å². The van der Waals surface area contributed by atoms with Crippen LogP contribution in [0.1, 0.15) is 23.6 Å². The normalized spacial score (nSPS) is 18.8. The maximum Gasteiger partial charge on any atom is 0.0456 e. The van der Waals surface area contributed by atoms with Crippen LogP contribution in [-0.4, -0.2) is 18.6 Å². The molecule has 1 nitrogen and oxygen atoms in total. The highest BCUT2D eigenvalue weighted by molar-refractivity contribution is 7.98. The van der Waals surface area contributed by atoms with Gasteiger partial charge in [0.2, 0.25) is 0 Å². The van der Waals surface area contributed by atoms with Crippen molar-refractivity contribution in [1.82, 2.24) is 5.32 Å². The van der Waals surface area contributed by atoms with Crippen molar-refractivity contribution in [2.75, 3.05) is 18.6 Å². The average molecular weight is 276 g/mol. The van der Waals surface area contributed by atoms with Crippen LogP contribution in [0.3, 0.4) is 0 Å². The van der Waals surface area contributed by atoms with E-state index in [0.717, 1.165) is 35.2 Å². The fourth-order valence-electron chi connectivity index (χ4n) is 2.19. The maximum absolute atomic E-state index is 6.19. The lowest BCUT2D eigenvalue weighted by Crippen LogP contribution is -2.21. The topological polar surface area (TPSA) is 12.0 Å². The number of hydrogen-bond donors (Lipinski definition) is 1. The van der Waals surface area contributed by atoms with E-state index in [2.05, 4.69) is 11.6 Å². The molecule has 1 aliphatic carbocycles. The third-order valence-corrected chi connectivity index (χ3v) is 4.12. The first kappa shape index (κ1) is 12.6. The maximum atomic E-state index is 6.19. The number of fused-ring (bicyclic) bond motifs is 1. The second-order valence-corrected chi connectivity index (χ2v) is 5.82. The molecule has 4 heteroatoms. The molecule has 1 aromatic carbocycles. The minimum absolute atomic E-state index is 0.429. The molecule has 0 fully saturated rings. The summed E-state index contributed by atoms with van der Waals surface area (Å²) in [6, 6.07) is 4.32. The zero-order valence-corrected chi connectivity index (χ0v) is 11.6. The minimum atomic E-state index is 0.429. The first-order chi connectivity index (χ1) is 7.72. The summed E-state index contributed by atoms with van der Waals surface area (Å²) in [7, 11) is 0. The Balaban J connectivity index is 2.12. The second-order valence-electron chi connectivity index (χ2n) is 3.99. The quantitative estimate of drug-likeness (QED) is 0.836. The van der Waals surface area contributed by atoms with Crippen molar-refractivity contribution in [1.29, 1.82) is 0 Å². The van der Waals surface area contributed by atoms with Gasteiger partial charge >= 0.3 is 0 Å². The highest BCUT2D eigenvalue weighted by Gasteiger charge is 2.24. The minimum Gasteiger partial charge on any atom is -0.309 e. The highest BCUT2D eigenvalue weighted by atomic mass is 35.5. The molecule has 0 radical (unpaired) electrons. The molecule has 1 atom stereocenters. The van der Waals surface area contributed by atoms with Gasteiger partial charge in [0.1, 0.15) is 0 Å². The van der Waals surface area contributed by atoms with Gasteiger partial charge in [0, 0.05) is 28.4 Å². The molecule has 0 bridgehead atoms. The predicted molar refractivity (Wildman–Crippen MR) is 73.9 cm³/mol. The Morgan fingerprint density at radius 1 is 1.44 bits per heavy atom. The van der Waals surface area contributed by atoms with Crippen molar-refractivity contribution in [3.05, 3.63) is 33.3 Å². The summed E-state index contributed by atoms with van der Waals surface area (Å²) in [6.07, 6.45) is 4.31. The van der Waals surface area contributed by atoms with Crippen LogP contribution >= 0.6 is 35.0 Å². The molecule has 0 saturated heterocycles. The van der Waals surface area contributed by atoms with Crippen molar-refractivity contribution < 1.29 is 0 Å². The molecule has 0 spiro atoms. The molecule has 1 unspecified atom stereocenters. The molecule has 0 aromatic heterocycles. The average Bonchev–Trinajstić information content (AvgIpc) is 2.62. The van der Waals surface area contributed by atoms with Gasteiger partial charge in [-0.05, 0) is 42.4 Å². The van der Waals surface area contributed by atoms with Gasteiger partial charge in [0.25, 0.3) is 0 Å². The summed E-state index contributed by atoms with van der Waals surface area (Å²) in [5, 5.41) is 5.11. The summed E-state index contributed by atoms with van der Waals surface area (Å²) in [6.45, 7) is 1.04. The van der Waals surface area contributed by atoms with Crippen molar-refractivity contribution in [3.63, 3.8) is 0 Å². The summed E-state index contributed by atoms with van der Waals surface area (Å²) < 4.78 is 0. The van der Waals surface area contributed by atoms with E-state index in [4.69, 9.17) is 23.2 Å². The Morgan fingerprint density at radius 2 is 2.25 bits per heavy atom. The van der Waals surface area contributed by atoms with Crippen LogP contribution in [0.2, 0.25) is 10.0 Å². The third kappa shape index (κ3) is 2.67. The van der Waals surface area contributed by atoms with Crippen LogP contribution in [0.4, 0.5) is 0 Å². The molecule has 16 heavy (non-hydrogen) atoms. The first-order valence-electron chi connectivity index (χ1n) is 5.42. The zero-order chi connectivity index (χ0) is 11.5. The molecule has 0 saturated carbocycles. The number of hydrogen-bond acceptors (Lipinski definition) is 2. The number of nitrogens with one attached hydrogen (secondary N) is 1.